The van der Waals surface area contributed by atoms with Crippen LogP contribution >= 0.6 is 0 Å². The molecule has 0 aromatic heterocycles. The first-order chi connectivity index (χ1) is 15.9. The van der Waals surface area contributed by atoms with Crippen LogP contribution in [0.5, 0.6) is 0 Å². The van der Waals surface area contributed by atoms with Crippen LogP contribution in [-0.4, -0.2) is 38.3 Å². The number of sulfonamides is 1. The number of hydrogen-bond donors (Lipinski definition) is 1. The molecule has 6 nitrogen and oxygen atoms in total. The van der Waals surface area contributed by atoms with Crippen LogP contribution in [0.2, 0.25) is 0 Å². The second kappa shape index (κ2) is 10.3. The van der Waals surface area contributed by atoms with Crippen molar-refractivity contribution in [1.29, 1.82) is 5.26 Å². The van der Waals surface area contributed by atoms with Crippen LogP contribution in [0, 0.1) is 31.1 Å². The molecule has 0 bridgehead atoms. The van der Waals surface area contributed by atoms with Crippen LogP contribution < -0.4 is 5.32 Å². The van der Waals surface area contributed by atoms with E-state index < -0.39 is 10.0 Å². The van der Waals surface area contributed by atoms with Crippen LogP contribution in [0.1, 0.15) is 61.4 Å². The number of amides is 1. The number of hydrogen-bond acceptors (Lipinski definition) is 4. The smallest absolute Gasteiger partial charge is 0.244 e. The number of carbonyl (C=O) groups excluding carboxylic acids is 1. The van der Waals surface area contributed by atoms with Gasteiger partial charge < -0.3 is 5.32 Å². The van der Waals surface area contributed by atoms with Gasteiger partial charge in [0, 0.05) is 25.6 Å². The van der Waals surface area contributed by atoms with E-state index in [0.717, 1.165) is 6.42 Å². The summed E-state index contributed by atoms with van der Waals surface area (Å²) in [7, 11) is -3.75. The van der Waals surface area contributed by atoms with Gasteiger partial charge in [0.25, 0.3) is 0 Å². The van der Waals surface area contributed by atoms with E-state index >= 15 is 0 Å². The monoisotopic (exact) mass is 481 g/mol. The number of nitrogens with zero attached hydrogens (tertiary/aromatic N) is 2. The Bertz CT molecular complexity index is 1180. The summed E-state index contributed by atoms with van der Waals surface area (Å²) < 4.78 is 27.4. The zero-order chi connectivity index (χ0) is 25.1. The van der Waals surface area contributed by atoms with Crippen molar-refractivity contribution in [3.63, 3.8) is 0 Å². The summed E-state index contributed by atoms with van der Waals surface area (Å²) in [5.41, 5.74) is 5.32. The van der Waals surface area contributed by atoms with E-state index in [1.165, 1.54) is 38.7 Å². The SMILES string of the molecule is Cc1cc(C(C)(C)C)cc(C)c1CCNC(=O)C1CCN(S(=O)(=O)c2ccccc2C#N)CC1. The van der Waals surface area contributed by atoms with Gasteiger partial charge in [0.05, 0.1) is 10.5 Å². The Hall–Kier alpha value is -2.69. The predicted octanol–water partition coefficient (Wildman–Crippen LogP) is 4.23. The topological polar surface area (TPSA) is 90.3 Å². The Labute approximate surface area is 204 Å². The number of aryl methyl sites for hydroxylation is 2. The van der Waals surface area contributed by atoms with Gasteiger partial charge in [0.1, 0.15) is 6.07 Å². The van der Waals surface area contributed by atoms with Crippen molar-refractivity contribution in [1.82, 2.24) is 9.62 Å². The van der Waals surface area contributed by atoms with Gasteiger partial charge in [-0.1, -0.05) is 45.0 Å². The van der Waals surface area contributed by atoms with E-state index in [4.69, 9.17) is 0 Å². The molecule has 0 radical (unpaired) electrons. The molecule has 7 heteroatoms. The highest BCUT2D eigenvalue weighted by atomic mass is 32.2. The Morgan fingerprint density at radius 2 is 1.71 bits per heavy atom. The van der Waals surface area contributed by atoms with E-state index in [1.54, 1.807) is 12.1 Å². The zero-order valence-electron chi connectivity index (χ0n) is 20.8. The largest absolute Gasteiger partial charge is 0.356 e. The fraction of sp³-hybridized carbons (Fsp3) is 0.481. The third-order valence-electron chi connectivity index (χ3n) is 6.69. The molecule has 0 saturated carbocycles. The lowest BCUT2D eigenvalue weighted by molar-refractivity contribution is -0.126. The molecule has 0 aliphatic carbocycles. The molecule has 1 aliphatic rings. The van der Waals surface area contributed by atoms with Crippen LogP contribution in [0.25, 0.3) is 0 Å². The molecule has 1 aliphatic heterocycles. The summed E-state index contributed by atoms with van der Waals surface area (Å²) in [6.07, 6.45) is 1.71. The second-order valence-corrected chi connectivity index (χ2v) is 12.1. The van der Waals surface area contributed by atoms with Crippen LogP contribution in [0.4, 0.5) is 0 Å². The highest BCUT2D eigenvalue weighted by Gasteiger charge is 2.33. The first kappa shape index (κ1) is 25.9. The number of rotatable bonds is 6. The third kappa shape index (κ3) is 5.68. The highest BCUT2D eigenvalue weighted by Crippen LogP contribution is 2.28. The quantitative estimate of drug-likeness (QED) is 0.668. The minimum absolute atomic E-state index is 0.0175. The number of nitriles is 1. The molecular formula is C27H35N3O3S. The molecule has 2 aromatic rings. The summed E-state index contributed by atoms with van der Waals surface area (Å²) >= 11 is 0. The predicted molar refractivity (Wildman–Crippen MR) is 134 cm³/mol. The molecule has 0 atom stereocenters. The van der Waals surface area contributed by atoms with Crippen LogP contribution in [-0.2, 0) is 26.7 Å². The normalized spacial score (nSPS) is 15.6. The highest BCUT2D eigenvalue weighted by molar-refractivity contribution is 7.89. The maximum absolute atomic E-state index is 13.0. The van der Waals surface area contributed by atoms with Crippen molar-refractivity contribution in [2.75, 3.05) is 19.6 Å². The zero-order valence-corrected chi connectivity index (χ0v) is 21.6. The summed E-state index contributed by atoms with van der Waals surface area (Å²) in [5.74, 6) is -0.223. The summed E-state index contributed by atoms with van der Waals surface area (Å²) in [6.45, 7) is 12.0. The summed E-state index contributed by atoms with van der Waals surface area (Å²) in [5, 5.41) is 12.3. The minimum Gasteiger partial charge on any atom is -0.356 e. The van der Waals surface area contributed by atoms with Gasteiger partial charge in [-0.05, 0) is 72.9 Å². The molecule has 1 saturated heterocycles. The lowest BCUT2D eigenvalue weighted by Gasteiger charge is -2.30. The van der Waals surface area contributed by atoms with Crippen molar-refractivity contribution < 1.29 is 13.2 Å². The average Bonchev–Trinajstić information content (AvgIpc) is 2.80. The summed E-state index contributed by atoms with van der Waals surface area (Å²) in [4.78, 5) is 12.8. The van der Waals surface area contributed by atoms with Gasteiger partial charge in [-0.2, -0.15) is 9.57 Å². The third-order valence-corrected chi connectivity index (χ3v) is 8.64. The van der Waals surface area contributed by atoms with Gasteiger partial charge in [-0.3, -0.25) is 4.79 Å². The van der Waals surface area contributed by atoms with Crippen molar-refractivity contribution in [2.24, 2.45) is 5.92 Å². The Morgan fingerprint density at radius 1 is 1.12 bits per heavy atom. The molecule has 1 fully saturated rings. The maximum atomic E-state index is 13.0. The molecule has 182 valence electrons. The molecule has 1 N–H and O–H groups in total. The molecule has 1 amide bonds. The molecule has 34 heavy (non-hydrogen) atoms. The van der Waals surface area contributed by atoms with Crippen molar-refractivity contribution in [3.8, 4) is 6.07 Å². The van der Waals surface area contributed by atoms with Crippen LogP contribution in [0.15, 0.2) is 41.3 Å². The first-order valence-corrected chi connectivity index (χ1v) is 13.3. The van der Waals surface area contributed by atoms with Gasteiger partial charge in [-0.15, -0.1) is 0 Å². The fourth-order valence-corrected chi connectivity index (χ4v) is 6.17. The maximum Gasteiger partial charge on any atom is 0.244 e. The van der Waals surface area contributed by atoms with Gasteiger partial charge in [0.15, 0.2) is 0 Å². The average molecular weight is 482 g/mol. The van der Waals surface area contributed by atoms with E-state index in [9.17, 15) is 18.5 Å². The Morgan fingerprint density at radius 3 is 2.26 bits per heavy atom. The van der Waals surface area contributed by atoms with Crippen molar-refractivity contribution in [3.05, 3.63) is 64.2 Å². The van der Waals surface area contributed by atoms with Crippen molar-refractivity contribution >= 4 is 15.9 Å². The van der Waals surface area contributed by atoms with Crippen molar-refractivity contribution in [2.45, 2.75) is 64.2 Å². The molecule has 0 unspecified atom stereocenters. The van der Waals surface area contributed by atoms with Crippen LogP contribution in [0.3, 0.4) is 0 Å². The molecule has 1 heterocycles. The standard InChI is InChI=1S/C27H35N3O3S/c1-19-16-23(27(3,4)5)17-20(2)24(19)10-13-29-26(31)21-11-14-30(15-12-21)34(32,33)25-9-7-6-8-22(25)18-28/h6-9,16-17,21H,10-15H2,1-5H3,(H,29,31). The first-order valence-electron chi connectivity index (χ1n) is 11.8. The van der Waals surface area contributed by atoms with Gasteiger partial charge >= 0.3 is 0 Å². The number of nitrogens with one attached hydrogen (secondary N) is 1. The molecule has 0 spiro atoms. The Kier molecular flexibility index (Phi) is 7.84. The lowest BCUT2D eigenvalue weighted by Crippen LogP contribution is -2.43. The van der Waals surface area contributed by atoms with Gasteiger partial charge in [0.2, 0.25) is 15.9 Å². The molecule has 3 rings (SSSR count). The second-order valence-electron chi connectivity index (χ2n) is 10.2. The van der Waals surface area contributed by atoms with E-state index in [1.807, 2.05) is 6.07 Å². The fourth-order valence-electron chi connectivity index (χ4n) is 4.56. The molecule has 2 aromatic carbocycles. The Balaban J connectivity index is 1.55. The molecular weight excluding hydrogens is 446 g/mol. The number of benzene rings is 2. The van der Waals surface area contributed by atoms with E-state index in [0.29, 0.717) is 19.4 Å². The lowest BCUT2D eigenvalue weighted by atomic mass is 9.83. The van der Waals surface area contributed by atoms with E-state index in [-0.39, 0.29) is 40.8 Å². The number of piperidine rings is 1. The number of carbonyl (C=O) groups is 1. The minimum atomic E-state index is -3.75. The van der Waals surface area contributed by atoms with E-state index in [2.05, 4.69) is 52.1 Å². The van der Waals surface area contributed by atoms with Gasteiger partial charge in [-0.25, -0.2) is 8.42 Å². The summed E-state index contributed by atoms with van der Waals surface area (Å²) in [6, 6.07) is 12.7.